The van der Waals surface area contributed by atoms with Crippen LogP contribution in [0, 0.1) is 0 Å². The SMILES string of the molecule is CCC(N)CSCC(=O)Nc1ccc(Br)cc1Cl. The monoisotopic (exact) mass is 350 g/mol. The zero-order valence-electron chi connectivity index (χ0n) is 10.1. The number of nitrogens with one attached hydrogen (secondary N) is 1. The van der Waals surface area contributed by atoms with Gasteiger partial charge in [-0.2, -0.15) is 11.8 Å². The molecule has 6 heteroatoms. The van der Waals surface area contributed by atoms with Crippen molar-refractivity contribution in [1.29, 1.82) is 0 Å². The van der Waals surface area contributed by atoms with Crippen molar-refractivity contribution >= 4 is 50.9 Å². The second kappa shape index (κ2) is 8.04. The molecule has 0 saturated carbocycles. The fourth-order valence-corrected chi connectivity index (χ4v) is 2.83. The number of carbonyl (C=O) groups is 1. The van der Waals surface area contributed by atoms with Crippen molar-refractivity contribution in [3.05, 3.63) is 27.7 Å². The number of anilines is 1. The number of thioether (sulfide) groups is 1. The van der Waals surface area contributed by atoms with Crippen LogP contribution in [0.15, 0.2) is 22.7 Å². The summed E-state index contributed by atoms with van der Waals surface area (Å²) in [6.07, 6.45) is 0.924. The number of rotatable bonds is 6. The summed E-state index contributed by atoms with van der Waals surface area (Å²) in [5.41, 5.74) is 6.40. The summed E-state index contributed by atoms with van der Waals surface area (Å²) >= 11 is 10.9. The molecule has 1 aromatic carbocycles. The molecule has 1 amide bonds. The first kappa shape index (κ1) is 15.8. The molecule has 1 aromatic rings. The molecule has 0 aromatic heterocycles. The molecule has 1 rings (SSSR count). The van der Waals surface area contributed by atoms with Gasteiger partial charge in [-0.3, -0.25) is 4.79 Å². The Balaban J connectivity index is 2.40. The van der Waals surface area contributed by atoms with Crippen LogP contribution in [0.4, 0.5) is 5.69 Å². The highest BCUT2D eigenvalue weighted by atomic mass is 79.9. The minimum Gasteiger partial charge on any atom is -0.327 e. The lowest BCUT2D eigenvalue weighted by atomic mass is 10.3. The number of halogens is 2. The van der Waals surface area contributed by atoms with E-state index in [2.05, 4.69) is 21.2 Å². The molecule has 0 aliphatic rings. The van der Waals surface area contributed by atoms with Gasteiger partial charge in [0.05, 0.1) is 16.5 Å². The minimum atomic E-state index is -0.0625. The first-order chi connectivity index (χ1) is 8.52. The fourth-order valence-electron chi connectivity index (χ4n) is 1.20. The van der Waals surface area contributed by atoms with Gasteiger partial charge in [0.25, 0.3) is 0 Å². The van der Waals surface area contributed by atoms with Crippen LogP contribution in [-0.4, -0.2) is 23.5 Å². The maximum atomic E-state index is 11.7. The van der Waals surface area contributed by atoms with Crippen LogP contribution in [0.25, 0.3) is 0 Å². The van der Waals surface area contributed by atoms with E-state index in [4.69, 9.17) is 17.3 Å². The zero-order chi connectivity index (χ0) is 13.5. The van der Waals surface area contributed by atoms with Crippen LogP contribution in [-0.2, 0) is 4.79 Å². The van der Waals surface area contributed by atoms with Crippen molar-refractivity contribution in [2.24, 2.45) is 5.73 Å². The van der Waals surface area contributed by atoms with E-state index in [0.29, 0.717) is 16.5 Å². The van der Waals surface area contributed by atoms with Gasteiger partial charge in [0.15, 0.2) is 0 Å². The highest BCUT2D eigenvalue weighted by Crippen LogP contribution is 2.25. The summed E-state index contributed by atoms with van der Waals surface area (Å²) < 4.78 is 0.883. The van der Waals surface area contributed by atoms with E-state index in [9.17, 15) is 4.79 Å². The topological polar surface area (TPSA) is 55.1 Å². The van der Waals surface area contributed by atoms with Gasteiger partial charge in [0.2, 0.25) is 5.91 Å². The second-order valence-electron chi connectivity index (χ2n) is 3.86. The summed E-state index contributed by atoms with van der Waals surface area (Å²) in [5.74, 6) is 1.12. The van der Waals surface area contributed by atoms with Gasteiger partial charge < -0.3 is 11.1 Å². The molecule has 0 aliphatic heterocycles. The summed E-state index contributed by atoms with van der Waals surface area (Å²) in [5, 5.41) is 3.30. The summed E-state index contributed by atoms with van der Waals surface area (Å²) in [6, 6.07) is 5.50. The second-order valence-corrected chi connectivity index (χ2v) is 6.21. The first-order valence-corrected chi connectivity index (χ1v) is 7.93. The molecule has 1 atom stereocenters. The van der Waals surface area contributed by atoms with E-state index in [0.717, 1.165) is 16.6 Å². The number of amides is 1. The fraction of sp³-hybridized carbons (Fsp3) is 0.417. The van der Waals surface area contributed by atoms with Crippen LogP contribution in [0.1, 0.15) is 13.3 Å². The Morgan fingerprint density at radius 3 is 2.94 bits per heavy atom. The number of carbonyl (C=O) groups excluding carboxylic acids is 1. The van der Waals surface area contributed by atoms with Gasteiger partial charge in [-0.25, -0.2) is 0 Å². The van der Waals surface area contributed by atoms with E-state index in [1.165, 1.54) is 11.8 Å². The lowest BCUT2D eigenvalue weighted by Gasteiger charge is -2.09. The third-order valence-electron chi connectivity index (χ3n) is 2.29. The van der Waals surface area contributed by atoms with Crippen molar-refractivity contribution in [1.82, 2.24) is 0 Å². The Morgan fingerprint density at radius 2 is 2.33 bits per heavy atom. The molecule has 18 heavy (non-hydrogen) atoms. The average Bonchev–Trinajstić information content (AvgIpc) is 2.32. The van der Waals surface area contributed by atoms with Crippen LogP contribution < -0.4 is 11.1 Å². The van der Waals surface area contributed by atoms with E-state index in [1.54, 1.807) is 12.1 Å². The molecule has 100 valence electrons. The minimum absolute atomic E-state index is 0.0625. The quantitative estimate of drug-likeness (QED) is 0.824. The maximum absolute atomic E-state index is 11.7. The molecule has 3 nitrogen and oxygen atoms in total. The Labute approximate surface area is 125 Å². The van der Waals surface area contributed by atoms with Gasteiger partial charge in [0.1, 0.15) is 0 Å². The summed E-state index contributed by atoms with van der Waals surface area (Å²) in [4.78, 5) is 11.7. The molecule has 1 unspecified atom stereocenters. The third-order valence-corrected chi connectivity index (χ3v) is 4.23. The van der Waals surface area contributed by atoms with Crippen molar-refractivity contribution < 1.29 is 4.79 Å². The van der Waals surface area contributed by atoms with Crippen LogP contribution in [0.5, 0.6) is 0 Å². The normalized spacial score (nSPS) is 12.2. The standard InChI is InChI=1S/C12H16BrClN2OS/c1-2-9(15)6-18-7-12(17)16-11-4-3-8(13)5-10(11)14/h3-5,9H,2,6-7,15H2,1H3,(H,16,17). The third kappa shape index (κ3) is 5.61. The maximum Gasteiger partial charge on any atom is 0.234 e. The van der Waals surface area contributed by atoms with Gasteiger partial charge in [0, 0.05) is 16.3 Å². The molecule has 0 radical (unpaired) electrons. The van der Waals surface area contributed by atoms with Gasteiger partial charge in [-0.05, 0) is 24.6 Å². The largest absolute Gasteiger partial charge is 0.327 e. The molecule has 0 bridgehead atoms. The number of nitrogens with two attached hydrogens (primary N) is 1. The van der Waals surface area contributed by atoms with Crippen molar-refractivity contribution in [3.8, 4) is 0 Å². The van der Waals surface area contributed by atoms with Crippen LogP contribution in [0.2, 0.25) is 5.02 Å². The molecule has 0 spiro atoms. The molecule has 0 saturated heterocycles. The average molecular weight is 352 g/mol. The van der Waals surface area contributed by atoms with Crippen LogP contribution in [0.3, 0.4) is 0 Å². The molecular weight excluding hydrogens is 336 g/mol. The predicted octanol–water partition coefficient (Wildman–Crippen LogP) is 3.51. The Hall–Kier alpha value is -0.230. The van der Waals surface area contributed by atoms with Crippen molar-refractivity contribution in [3.63, 3.8) is 0 Å². The zero-order valence-corrected chi connectivity index (χ0v) is 13.2. The van der Waals surface area contributed by atoms with Gasteiger partial charge in [-0.1, -0.05) is 34.5 Å². The Kier molecular flexibility index (Phi) is 7.07. The van der Waals surface area contributed by atoms with Crippen molar-refractivity contribution in [2.75, 3.05) is 16.8 Å². The van der Waals surface area contributed by atoms with Crippen molar-refractivity contribution in [2.45, 2.75) is 19.4 Å². The van der Waals surface area contributed by atoms with E-state index >= 15 is 0 Å². The highest BCUT2D eigenvalue weighted by molar-refractivity contribution is 9.10. The molecule has 3 N–H and O–H groups in total. The van der Waals surface area contributed by atoms with Crippen LogP contribution >= 0.6 is 39.3 Å². The van der Waals surface area contributed by atoms with E-state index in [-0.39, 0.29) is 11.9 Å². The lowest BCUT2D eigenvalue weighted by Crippen LogP contribution is -2.23. The Morgan fingerprint density at radius 1 is 1.61 bits per heavy atom. The van der Waals surface area contributed by atoms with Gasteiger partial charge in [-0.15, -0.1) is 0 Å². The first-order valence-electron chi connectivity index (χ1n) is 5.61. The molecule has 0 aliphatic carbocycles. The summed E-state index contributed by atoms with van der Waals surface area (Å²) in [6.45, 7) is 2.03. The number of hydrogen-bond acceptors (Lipinski definition) is 3. The molecule has 0 fully saturated rings. The van der Waals surface area contributed by atoms with E-state index < -0.39 is 0 Å². The van der Waals surface area contributed by atoms with Gasteiger partial charge >= 0.3 is 0 Å². The number of hydrogen-bond donors (Lipinski definition) is 2. The molecule has 0 heterocycles. The van der Waals surface area contributed by atoms with E-state index in [1.807, 2.05) is 13.0 Å². The highest BCUT2D eigenvalue weighted by Gasteiger charge is 2.07. The molecular formula is C12H16BrClN2OS. The summed E-state index contributed by atoms with van der Waals surface area (Å²) in [7, 11) is 0. The smallest absolute Gasteiger partial charge is 0.234 e. The Bertz CT molecular complexity index is 417. The number of benzene rings is 1. The lowest BCUT2D eigenvalue weighted by molar-refractivity contribution is -0.113. The predicted molar refractivity (Wildman–Crippen MR) is 83.4 cm³/mol.